The summed E-state index contributed by atoms with van der Waals surface area (Å²) in [6.45, 7) is 1.50. The Hall–Kier alpha value is -3.58. The SMILES string of the molecule is N#Cc1c(N)[nH]c(=O)c(C#N)c1-c1ccc(C(=O)N2CCCC2)cc1. The van der Waals surface area contributed by atoms with Crippen molar-refractivity contribution in [1.82, 2.24) is 9.88 Å². The molecule has 1 amide bonds. The van der Waals surface area contributed by atoms with E-state index < -0.39 is 5.56 Å². The molecule has 2 heterocycles. The van der Waals surface area contributed by atoms with Gasteiger partial charge in [-0.2, -0.15) is 10.5 Å². The number of nitrogens with zero attached hydrogens (tertiary/aromatic N) is 3. The van der Waals surface area contributed by atoms with E-state index in [1.165, 1.54) is 0 Å². The molecule has 0 atom stereocenters. The average Bonchev–Trinajstić information content (AvgIpc) is 3.15. The summed E-state index contributed by atoms with van der Waals surface area (Å²) in [5.74, 6) is -0.130. The van der Waals surface area contributed by atoms with E-state index in [9.17, 15) is 20.1 Å². The first-order valence-corrected chi connectivity index (χ1v) is 7.82. The number of nitrogens with one attached hydrogen (secondary N) is 1. The molecule has 3 rings (SSSR count). The molecule has 7 heteroatoms. The van der Waals surface area contributed by atoms with Crippen molar-refractivity contribution in [3.05, 3.63) is 51.3 Å². The molecule has 0 saturated carbocycles. The van der Waals surface area contributed by atoms with Crippen molar-refractivity contribution in [2.75, 3.05) is 18.8 Å². The molecule has 0 aliphatic carbocycles. The summed E-state index contributed by atoms with van der Waals surface area (Å²) < 4.78 is 0. The minimum absolute atomic E-state index is 0.0368. The van der Waals surface area contributed by atoms with Gasteiger partial charge in [0.2, 0.25) is 0 Å². The second-order valence-corrected chi connectivity index (χ2v) is 5.79. The lowest BCUT2D eigenvalue weighted by molar-refractivity contribution is 0.0793. The van der Waals surface area contributed by atoms with E-state index in [4.69, 9.17) is 5.73 Å². The summed E-state index contributed by atoms with van der Waals surface area (Å²) in [5.41, 5.74) is 6.12. The van der Waals surface area contributed by atoms with E-state index in [1.807, 2.05) is 12.1 Å². The maximum Gasteiger partial charge on any atom is 0.268 e. The molecule has 7 nitrogen and oxygen atoms in total. The van der Waals surface area contributed by atoms with Crippen LogP contribution in [0.25, 0.3) is 11.1 Å². The molecule has 124 valence electrons. The van der Waals surface area contributed by atoms with Crippen molar-refractivity contribution in [1.29, 1.82) is 10.5 Å². The lowest BCUT2D eigenvalue weighted by Gasteiger charge is -2.15. The van der Waals surface area contributed by atoms with Crippen molar-refractivity contribution < 1.29 is 4.79 Å². The number of amides is 1. The van der Waals surface area contributed by atoms with Crippen LogP contribution in [0.1, 0.15) is 34.3 Å². The smallest absolute Gasteiger partial charge is 0.268 e. The van der Waals surface area contributed by atoms with Crippen molar-refractivity contribution in [3.63, 3.8) is 0 Å². The van der Waals surface area contributed by atoms with Crippen molar-refractivity contribution >= 4 is 11.7 Å². The fourth-order valence-electron chi connectivity index (χ4n) is 3.01. The number of aromatic nitrogens is 1. The normalized spacial score (nSPS) is 13.3. The highest BCUT2D eigenvalue weighted by atomic mass is 16.2. The number of anilines is 1. The van der Waals surface area contributed by atoms with Gasteiger partial charge in [0.05, 0.1) is 0 Å². The van der Waals surface area contributed by atoms with E-state index in [1.54, 1.807) is 29.2 Å². The fraction of sp³-hybridized carbons (Fsp3) is 0.222. The molecule has 0 unspecified atom stereocenters. The molecule has 25 heavy (non-hydrogen) atoms. The number of carbonyl (C=O) groups is 1. The molecule has 3 N–H and O–H groups in total. The molecule has 2 aromatic rings. The highest BCUT2D eigenvalue weighted by Gasteiger charge is 2.21. The first-order valence-electron chi connectivity index (χ1n) is 7.82. The van der Waals surface area contributed by atoms with Gasteiger partial charge in [-0.15, -0.1) is 0 Å². The van der Waals surface area contributed by atoms with Crippen molar-refractivity contribution in [2.45, 2.75) is 12.8 Å². The molecule has 1 fully saturated rings. The summed E-state index contributed by atoms with van der Waals surface area (Å²) in [7, 11) is 0. The average molecular weight is 333 g/mol. The standard InChI is InChI=1S/C18H15N5O2/c19-9-13-15(14(10-20)17(24)22-16(13)21)11-3-5-12(6-4-11)18(25)23-7-1-2-8-23/h3-6H,1-2,7-8H2,(H3,21,22,24). The molecule has 1 aliphatic heterocycles. The van der Waals surface area contributed by atoms with Crippen LogP contribution in [0.2, 0.25) is 0 Å². The monoisotopic (exact) mass is 333 g/mol. The third kappa shape index (κ3) is 2.84. The highest BCUT2D eigenvalue weighted by Crippen LogP contribution is 2.28. The van der Waals surface area contributed by atoms with Crippen LogP contribution in [-0.4, -0.2) is 28.9 Å². The molecule has 0 radical (unpaired) electrons. The number of likely N-dealkylation sites (tertiary alicyclic amines) is 1. The van der Waals surface area contributed by atoms with Gasteiger partial charge in [0, 0.05) is 24.2 Å². The number of pyridine rings is 1. The Morgan fingerprint density at radius 3 is 2.24 bits per heavy atom. The van der Waals surface area contributed by atoms with Crippen LogP contribution in [-0.2, 0) is 0 Å². The highest BCUT2D eigenvalue weighted by molar-refractivity contribution is 5.95. The van der Waals surface area contributed by atoms with Crippen LogP contribution in [0.3, 0.4) is 0 Å². The molecule has 0 bridgehead atoms. The van der Waals surface area contributed by atoms with Crippen LogP contribution in [0.15, 0.2) is 29.1 Å². The minimum atomic E-state index is -0.647. The predicted octanol–water partition coefficient (Wildman–Crippen LogP) is 1.60. The van der Waals surface area contributed by atoms with Crippen molar-refractivity contribution in [3.8, 4) is 23.3 Å². The van der Waals surface area contributed by atoms with Crippen LogP contribution in [0, 0.1) is 22.7 Å². The molecule has 1 aromatic heterocycles. The first kappa shape index (κ1) is 16.3. The van der Waals surface area contributed by atoms with Crippen LogP contribution in [0.4, 0.5) is 5.82 Å². The van der Waals surface area contributed by atoms with Gasteiger partial charge in [0.15, 0.2) is 0 Å². The Labute approximate surface area is 143 Å². The Morgan fingerprint density at radius 2 is 1.68 bits per heavy atom. The third-order valence-corrected chi connectivity index (χ3v) is 4.28. The zero-order valence-electron chi connectivity index (χ0n) is 13.4. The number of aromatic amines is 1. The summed E-state index contributed by atoms with van der Waals surface area (Å²) in [5, 5.41) is 18.6. The summed E-state index contributed by atoms with van der Waals surface area (Å²) >= 11 is 0. The minimum Gasteiger partial charge on any atom is -0.384 e. The number of hydrogen-bond acceptors (Lipinski definition) is 5. The van der Waals surface area contributed by atoms with Gasteiger partial charge in [-0.3, -0.25) is 9.59 Å². The molecule has 1 aromatic carbocycles. The maximum absolute atomic E-state index is 12.4. The molecule has 0 spiro atoms. The number of carbonyl (C=O) groups excluding carboxylic acids is 1. The van der Waals surface area contributed by atoms with E-state index in [2.05, 4.69) is 4.98 Å². The summed E-state index contributed by atoms with van der Waals surface area (Å²) in [4.78, 5) is 28.4. The number of H-pyrrole nitrogens is 1. The van der Waals surface area contributed by atoms with Crippen LogP contribution >= 0.6 is 0 Å². The van der Waals surface area contributed by atoms with Crippen LogP contribution < -0.4 is 11.3 Å². The van der Waals surface area contributed by atoms with E-state index >= 15 is 0 Å². The number of hydrogen-bond donors (Lipinski definition) is 2. The lowest BCUT2D eigenvalue weighted by Crippen LogP contribution is -2.27. The third-order valence-electron chi connectivity index (χ3n) is 4.28. The zero-order chi connectivity index (χ0) is 18.0. The molecule has 1 saturated heterocycles. The number of nitrogens with two attached hydrogens (primary N) is 1. The maximum atomic E-state index is 12.4. The molecule has 1 aliphatic rings. The lowest BCUT2D eigenvalue weighted by atomic mass is 9.96. The van der Waals surface area contributed by atoms with Gasteiger partial charge in [-0.25, -0.2) is 0 Å². The van der Waals surface area contributed by atoms with Gasteiger partial charge in [-0.1, -0.05) is 12.1 Å². The van der Waals surface area contributed by atoms with E-state index in [0.29, 0.717) is 11.1 Å². The largest absolute Gasteiger partial charge is 0.384 e. The molecular formula is C18H15N5O2. The van der Waals surface area contributed by atoms with Gasteiger partial charge < -0.3 is 15.6 Å². The predicted molar refractivity (Wildman–Crippen MR) is 91.5 cm³/mol. The van der Waals surface area contributed by atoms with E-state index in [0.717, 1.165) is 25.9 Å². The number of rotatable bonds is 2. The number of benzene rings is 1. The van der Waals surface area contributed by atoms with Crippen molar-refractivity contribution in [2.24, 2.45) is 0 Å². The number of nitriles is 2. The second kappa shape index (κ2) is 6.50. The fourth-order valence-corrected chi connectivity index (χ4v) is 3.01. The Morgan fingerprint density at radius 1 is 1.08 bits per heavy atom. The number of nitrogen functional groups attached to an aromatic ring is 1. The Balaban J connectivity index is 2.07. The summed E-state index contributed by atoms with van der Waals surface area (Å²) in [6.07, 6.45) is 2.01. The van der Waals surface area contributed by atoms with Gasteiger partial charge >= 0.3 is 0 Å². The van der Waals surface area contributed by atoms with E-state index in [-0.39, 0.29) is 28.4 Å². The zero-order valence-corrected chi connectivity index (χ0v) is 13.4. The Bertz CT molecular complexity index is 971. The second-order valence-electron chi connectivity index (χ2n) is 5.79. The van der Waals surface area contributed by atoms with Gasteiger partial charge in [0.25, 0.3) is 11.5 Å². The van der Waals surface area contributed by atoms with Gasteiger partial charge in [0.1, 0.15) is 29.1 Å². The molecular weight excluding hydrogens is 318 g/mol. The summed E-state index contributed by atoms with van der Waals surface area (Å²) in [6, 6.07) is 10.3. The topological polar surface area (TPSA) is 127 Å². The first-order chi connectivity index (χ1) is 12.1. The quantitative estimate of drug-likeness (QED) is 0.863. The Kier molecular flexibility index (Phi) is 4.23. The van der Waals surface area contributed by atoms with Crippen LogP contribution in [0.5, 0.6) is 0 Å². The van der Waals surface area contributed by atoms with Gasteiger partial charge in [-0.05, 0) is 30.5 Å².